The van der Waals surface area contributed by atoms with Gasteiger partial charge in [-0.2, -0.15) is 11.8 Å². The van der Waals surface area contributed by atoms with E-state index in [9.17, 15) is 9.59 Å². The number of amides is 2. The number of hydrogen-bond donors (Lipinski definition) is 1. The molecule has 2 aromatic carbocycles. The molecular weight excluding hydrogens is 344 g/mol. The summed E-state index contributed by atoms with van der Waals surface area (Å²) < 4.78 is 0. The van der Waals surface area contributed by atoms with Crippen LogP contribution in [-0.4, -0.2) is 42.1 Å². The monoisotopic (exact) mass is 368 g/mol. The van der Waals surface area contributed by atoms with Crippen LogP contribution in [-0.2, 0) is 4.79 Å². The highest BCUT2D eigenvalue weighted by atomic mass is 32.2. The first-order chi connectivity index (χ1) is 12.6. The summed E-state index contributed by atoms with van der Waals surface area (Å²) in [6.07, 6.45) is 0.938. The van der Waals surface area contributed by atoms with Gasteiger partial charge in [-0.25, -0.2) is 0 Å². The first-order valence-corrected chi connectivity index (χ1v) is 9.98. The number of aryl methyl sites for hydroxylation is 1. The molecule has 1 atom stereocenters. The third kappa shape index (κ3) is 4.67. The Morgan fingerprint density at radius 3 is 2.58 bits per heavy atom. The smallest absolute Gasteiger partial charge is 0.251 e. The van der Waals surface area contributed by atoms with Gasteiger partial charge in [-0.15, -0.1) is 0 Å². The Kier molecular flexibility index (Phi) is 6.34. The van der Waals surface area contributed by atoms with Crippen LogP contribution < -0.4 is 5.32 Å². The molecule has 1 N–H and O–H groups in total. The Bertz CT molecular complexity index is 764. The van der Waals surface area contributed by atoms with E-state index in [0.717, 1.165) is 25.3 Å². The minimum Gasteiger partial charge on any atom is -0.343 e. The maximum atomic E-state index is 12.5. The minimum atomic E-state index is -0.207. The zero-order valence-corrected chi connectivity index (χ0v) is 15.8. The van der Waals surface area contributed by atoms with Crippen LogP contribution in [0.4, 0.5) is 0 Å². The fourth-order valence-corrected chi connectivity index (χ4v) is 4.50. The van der Waals surface area contributed by atoms with Gasteiger partial charge >= 0.3 is 0 Å². The molecule has 26 heavy (non-hydrogen) atoms. The lowest BCUT2D eigenvalue weighted by Crippen LogP contribution is -2.41. The van der Waals surface area contributed by atoms with Gasteiger partial charge < -0.3 is 10.2 Å². The summed E-state index contributed by atoms with van der Waals surface area (Å²) in [5.41, 5.74) is 3.25. The van der Waals surface area contributed by atoms with Gasteiger partial charge in [0, 0.05) is 29.7 Å². The fraction of sp³-hybridized carbons (Fsp3) is 0.333. The molecule has 0 aromatic heterocycles. The van der Waals surface area contributed by atoms with Crippen LogP contribution in [0.15, 0.2) is 54.6 Å². The Labute approximate surface area is 159 Å². The van der Waals surface area contributed by atoms with E-state index in [2.05, 4.69) is 36.5 Å². The van der Waals surface area contributed by atoms with E-state index in [1.807, 2.05) is 34.9 Å². The van der Waals surface area contributed by atoms with Crippen molar-refractivity contribution in [3.63, 3.8) is 0 Å². The lowest BCUT2D eigenvalue weighted by Gasteiger charge is -2.21. The Morgan fingerprint density at radius 2 is 1.81 bits per heavy atom. The van der Waals surface area contributed by atoms with Crippen molar-refractivity contribution in [2.24, 2.45) is 0 Å². The maximum absolute atomic E-state index is 12.5. The van der Waals surface area contributed by atoms with Crippen molar-refractivity contribution in [2.45, 2.75) is 18.6 Å². The molecule has 1 aliphatic heterocycles. The van der Waals surface area contributed by atoms with Crippen molar-refractivity contribution in [1.82, 2.24) is 10.2 Å². The average Bonchev–Trinajstić information content (AvgIpc) is 2.93. The second-order valence-corrected chi connectivity index (χ2v) is 7.74. The first-order valence-electron chi connectivity index (χ1n) is 8.93. The highest BCUT2D eigenvalue weighted by Crippen LogP contribution is 2.35. The Morgan fingerprint density at radius 1 is 1.08 bits per heavy atom. The summed E-state index contributed by atoms with van der Waals surface area (Å²) >= 11 is 1.91. The number of nitrogens with zero attached hydrogens (tertiary/aromatic N) is 1. The molecule has 4 nitrogen and oxygen atoms in total. The van der Waals surface area contributed by atoms with Crippen molar-refractivity contribution < 1.29 is 9.59 Å². The van der Waals surface area contributed by atoms with Crippen LogP contribution in [0.1, 0.15) is 33.2 Å². The van der Waals surface area contributed by atoms with Crippen molar-refractivity contribution >= 4 is 23.6 Å². The van der Waals surface area contributed by atoms with Crippen LogP contribution in [0.3, 0.4) is 0 Å². The number of thioether (sulfide) groups is 1. The van der Waals surface area contributed by atoms with Crippen LogP contribution >= 0.6 is 11.8 Å². The summed E-state index contributed by atoms with van der Waals surface area (Å²) in [5.74, 6) is 0.693. The van der Waals surface area contributed by atoms with Crippen LogP contribution in [0.5, 0.6) is 0 Å². The van der Waals surface area contributed by atoms with Crippen LogP contribution in [0.25, 0.3) is 0 Å². The van der Waals surface area contributed by atoms with Crippen LogP contribution in [0.2, 0.25) is 0 Å². The number of carbonyl (C=O) groups is 2. The lowest BCUT2D eigenvalue weighted by atomic mass is 10.0. The van der Waals surface area contributed by atoms with Gasteiger partial charge in [0.1, 0.15) is 0 Å². The summed E-state index contributed by atoms with van der Waals surface area (Å²) in [6, 6.07) is 17.4. The molecule has 0 bridgehead atoms. The predicted octanol–water partition coefficient (Wildman–Crippen LogP) is 3.43. The predicted molar refractivity (Wildman–Crippen MR) is 106 cm³/mol. The molecule has 136 valence electrons. The third-order valence-corrected chi connectivity index (χ3v) is 5.98. The van der Waals surface area contributed by atoms with E-state index < -0.39 is 0 Å². The number of nitrogens with one attached hydrogen (secondary N) is 1. The van der Waals surface area contributed by atoms with Crippen molar-refractivity contribution in [1.29, 1.82) is 0 Å². The molecule has 0 unspecified atom stereocenters. The number of benzene rings is 2. The van der Waals surface area contributed by atoms with Gasteiger partial charge in [0.25, 0.3) is 5.91 Å². The molecule has 0 spiro atoms. The standard InChI is InChI=1S/C21H24N2O2S/c1-16-7-5-6-10-18(16)19-11-12-23(13-14-26-19)20(24)15-22-21(25)17-8-3-2-4-9-17/h2-10,19H,11-15H2,1H3,(H,22,25)/t19-/m1/s1. The molecule has 3 rings (SSSR count). The SMILES string of the molecule is Cc1ccccc1[C@H]1CCN(C(=O)CNC(=O)c2ccccc2)CCS1. The summed E-state index contributed by atoms with van der Waals surface area (Å²) in [7, 11) is 0. The van der Waals surface area contributed by atoms with E-state index in [0.29, 0.717) is 10.8 Å². The summed E-state index contributed by atoms with van der Waals surface area (Å²) in [5, 5.41) is 3.16. The van der Waals surface area contributed by atoms with E-state index in [-0.39, 0.29) is 18.4 Å². The minimum absolute atomic E-state index is 0.0136. The second kappa shape index (κ2) is 8.90. The lowest BCUT2D eigenvalue weighted by molar-refractivity contribution is -0.129. The zero-order valence-electron chi connectivity index (χ0n) is 15.0. The number of hydrogen-bond acceptors (Lipinski definition) is 3. The maximum Gasteiger partial charge on any atom is 0.251 e. The van der Waals surface area contributed by atoms with Gasteiger partial charge in [-0.1, -0.05) is 42.5 Å². The molecule has 1 fully saturated rings. The molecule has 2 aromatic rings. The zero-order chi connectivity index (χ0) is 18.4. The molecule has 1 heterocycles. The molecule has 0 saturated carbocycles. The first kappa shape index (κ1) is 18.5. The third-order valence-electron chi connectivity index (χ3n) is 4.67. The van der Waals surface area contributed by atoms with E-state index >= 15 is 0 Å². The van der Waals surface area contributed by atoms with E-state index in [1.165, 1.54) is 11.1 Å². The Hall–Kier alpha value is -2.27. The normalized spacial score (nSPS) is 17.4. The van der Waals surface area contributed by atoms with Crippen molar-refractivity contribution in [3.8, 4) is 0 Å². The second-order valence-electron chi connectivity index (χ2n) is 6.43. The van der Waals surface area contributed by atoms with Crippen molar-refractivity contribution in [2.75, 3.05) is 25.4 Å². The summed E-state index contributed by atoms with van der Waals surface area (Å²) in [6.45, 7) is 3.65. The van der Waals surface area contributed by atoms with Crippen molar-refractivity contribution in [3.05, 3.63) is 71.3 Å². The highest BCUT2D eigenvalue weighted by molar-refractivity contribution is 7.99. The molecule has 0 radical (unpaired) electrons. The van der Waals surface area contributed by atoms with Crippen LogP contribution in [0, 0.1) is 6.92 Å². The van der Waals surface area contributed by atoms with Gasteiger partial charge in [-0.3, -0.25) is 9.59 Å². The molecule has 0 aliphatic carbocycles. The summed E-state index contributed by atoms with van der Waals surface area (Å²) in [4.78, 5) is 26.5. The van der Waals surface area contributed by atoms with E-state index in [1.54, 1.807) is 12.1 Å². The number of carbonyl (C=O) groups excluding carboxylic acids is 2. The van der Waals surface area contributed by atoms with Gasteiger partial charge in [-0.05, 0) is 36.6 Å². The average molecular weight is 369 g/mol. The molecule has 5 heteroatoms. The topological polar surface area (TPSA) is 49.4 Å². The van der Waals surface area contributed by atoms with Gasteiger partial charge in [0.2, 0.25) is 5.91 Å². The van der Waals surface area contributed by atoms with Gasteiger partial charge in [0.15, 0.2) is 0 Å². The van der Waals surface area contributed by atoms with Gasteiger partial charge in [0.05, 0.1) is 6.54 Å². The molecule has 2 amide bonds. The molecular formula is C21H24N2O2S. The molecule has 1 aliphatic rings. The van der Waals surface area contributed by atoms with E-state index in [4.69, 9.17) is 0 Å². The highest BCUT2D eigenvalue weighted by Gasteiger charge is 2.23. The number of rotatable bonds is 4. The molecule has 1 saturated heterocycles. The fourth-order valence-electron chi connectivity index (χ4n) is 3.18. The largest absolute Gasteiger partial charge is 0.343 e. The quantitative estimate of drug-likeness (QED) is 0.899. The Balaban J connectivity index is 1.53.